The average Bonchev–Trinajstić information content (AvgIpc) is 2.87. The van der Waals surface area contributed by atoms with Crippen molar-refractivity contribution < 1.29 is 0 Å². The van der Waals surface area contributed by atoms with Crippen molar-refractivity contribution in [1.29, 1.82) is 0 Å². The summed E-state index contributed by atoms with van der Waals surface area (Å²) in [7, 11) is -0.739. The monoisotopic (exact) mass is 526 g/mol. The lowest BCUT2D eigenvalue weighted by atomic mass is 10.3. The van der Waals surface area contributed by atoms with Gasteiger partial charge in [-0.15, -0.1) is 0 Å². The van der Waals surface area contributed by atoms with Crippen molar-refractivity contribution >= 4 is 63.5 Å². The van der Waals surface area contributed by atoms with Crippen molar-refractivity contribution in [2.24, 2.45) is 0 Å². The molecule has 0 aliphatic carbocycles. The molecule has 0 radical (unpaired) electrons. The van der Waals surface area contributed by atoms with E-state index in [0.29, 0.717) is 0 Å². The smallest absolute Gasteiger partial charge is 0.0134 e. The first-order chi connectivity index (χ1) is 16.6. The van der Waals surface area contributed by atoms with E-state index < -0.39 is 7.92 Å². The van der Waals surface area contributed by atoms with Gasteiger partial charge in [0.25, 0.3) is 0 Å². The summed E-state index contributed by atoms with van der Waals surface area (Å²) in [6.07, 6.45) is 7.62. The molecule has 0 aromatic heterocycles. The Morgan fingerprint density at radius 3 is 0.853 bits per heavy atom. The Kier molecular flexibility index (Phi) is 11.7. The van der Waals surface area contributed by atoms with Gasteiger partial charge in [0, 0.05) is 0 Å². The molecule has 3 aromatic carbocycles. The SMILES string of the molecule is CCP(CC)c1cccc(P(c2cccc(P(CC)CC)c2)c2cccc(P(CC)CC)c2)c1. The predicted molar refractivity (Wildman–Crippen MR) is 168 cm³/mol. The van der Waals surface area contributed by atoms with E-state index in [4.69, 9.17) is 0 Å². The highest BCUT2D eigenvalue weighted by Gasteiger charge is 2.21. The molecule has 0 nitrogen and oxygen atoms in total. The van der Waals surface area contributed by atoms with Crippen LogP contribution in [0.2, 0.25) is 0 Å². The Bertz CT molecular complexity index is 888. The van der Waals surface area contributed by atoms with Crippen LogP contribution in [0.5, 0.6) is 0 Å². The molecule has 4 heteroatoms. The molecule has 0 spiro atoms. The van der Waals surface area contributed by atoms with E-state index in [1.54, 1.807) is 15.9 Å². The van der Waals surface area contributed by atoms with Crippen LogP contribution in [0.15, 0.2) is 72.8 Å². The van der Waals surface area contributed by atoms with Crippen molar-refractivity contribution in [2.75, 3.05) is 37.0 Å². The molecule has 3 aromatic rings. The summed E-state index contributed by atoms with van der Waals surface area (Å²) in [5, 5.41) is 9.28. The quantitative estimate of drug-likeness (QED) is 0.226. The van der Waals surface area contributed by atoms with Gasteiger partial charge in [-0.3, -0.25) is 0 Å². The fourth-order valence-electron chi connectivity index (χ4n) is 4.70. The summed E-state index contributed by atoms with van der Waals surface area (Å²) >= 11 is 0. The van der Waals surface area contributed by atoms with Crippen molar-refractivity contribution in [2.45, 2.75) is 41.5 Å². The van der Waals surface area contributed by atoms with E-state index in [2.05, 4.69) is 114 Å². The first-order valence-electron chi connectivity index (χ1n) is 12.9. The predicted octanol–water partition coefficient (Wildman–Crippen LogP) is 6.89. The maximum atomic E-state index is 2.56. The summed E-state index contributed by atoms with van der Waals surface area (Å²) in [5.74, 6) is 0. The fraction of sp³-hybridized carbons (Fsp3) is 0.400. The fourth-order valence-corrected chi connectivity index (χ4v) is 12.8. The third-order valence-corrected chi connectivity index (χ3v) is 16.6. The largest absolute Gasteiger partial charge is 0.0758 e. The Balaban J connectivity index is 2.17. The summed E-state index contributed by atoms with van der Waals surface area (Å²) in [5.41, 5.74) is 0. The molecule has 3 rings (SSSR count). The summed E-state index contributed by atoms with van der Waals surface area (Å²) in [6, 6.07) is 29.0. The molecule has 0 atom stereocenters. The first kappa shape index (κ1) is 28.0. The van der Waals surface area contributed by atoms with Gasteiger partial charge in [0.2, 0.25) is 0 Å². The minimum Gasteiger partial charge on any atom is -0.0758 e. The van der Waals surface area contributed by atoms with Crippen LogP contribution in [0.25, 0.3) is 0 Å². The van der Waals surface area contributed by atoms with Gasteiger partial charge >= 0.3 is 0 Å². The van der Waals surface area contributed by atoms with E-state index in [1.165, 1.54) is 52.9 Å². The van der Waals surface area contributed by atoms with E-state index in [9.17, 15) is 0 Å². The van der Waals surface area contributed by atoms with Crippen molar-refractivity contribution in [3.05, 3.63) is 72.8 Å². The van der Waals surface area contributed by atoms with Crippen molar-refractivity contribution in [3.8, 4) is 0 Å². The summed E-state index contributed by atoms with van der Waals surface area (Å²) in [6.45, 7) is 14.1. The van der Waals surface area contributed by atoms with Gasteiger partial charge < -0.3 is 0 Å². The molecule has 0 saturated heterocycles. The molecular formula is C30H42P4. The molecule has 0 bridgehead atoms. The van der Waals surface area contributed by atoms with E-state index in [0.717, 1.165) is 0 Å². The van der Waals surface area contributed by atoms with Crippen LogP contribution in [0.4, 0.5) is 0 Å². The molecule has 0 aliphatic rings. The minimum absolute atomic E-state index is 0.0570. The van der Waals surface area contributed by atoms with Gasteiger partial charge in [0.05, 0.1) is 0 Å². The maximum absolute atomic E-state index is 2.56. The van der Waals surface area contributed by atoms with Crippen LogP contribution in [-0.2, 0) is 0 Å². The topological polar surface area (TPSA) is 0 Å². The molecule has 0 saturated carbocycles. The minimum atomic E-state index is -0.568. The number of hydrogen-bond donors (Lipinski definition) is 0. The van der Waals surface area contributed by atoms with Crippen molar-refractivity contribution in [3.63, 3.8) is 0 Å². The van der Waals surface area contributed by atoms with Gasteiger partial charge in [-0.2, -0.15) is 0 Å². The Hall–Kier alpha value is -0.620. The number of rotatable bonds is 12. The standard InChI is InChI=1S/C30H42P4/c1-7-31(8-2)25-16-13-19-28(22-25)34(29-20-14-17-26(23-29)32(9-3)10-4)30-21-15-18-27(24-30)33(11-5)12-6/h13-24H,7-12H2,1-6H3. The molecule has 0 heterocycles. The van der Waals surface area contributed by atoms with Crippen LogP contribution in [-0.4, -0.2) is 37.0 Å². The second kappa shape index (κ2) is 14.2. The van der Waals surface area contributed by atoms with Gasteiger partial charge in [0.15, 0.2) is 0 Å². The number of benzene rings is 3. The zero-order valence-corrected chi connectivity index (χ0v) is 25.5. The molecule has 34 heavy (non-hydrogen) atoms. The molecule has 0 aliphatic heterocycles. The van der Waals surface area contributed by atoms with E-state index in [-0.39, 0.29) is 23.8 Å². The molecule has 182 valence electrons. The Morgan fingerprint density at radius 2 is 0.618 bits per heavy atom. The summed E-state index contributed by atoms with van der Waals surface area (Å²) in [4.78, 5) is 0. The van der Waals surface area contributed by atoms with E-state index >= 15 is 0 Å². The highest BCUT2D eigenvalue weighted by Crippen LogP contribution is 2.39. The zero-order chi connectivity index (χ0) is 24.5. The summed E-state index contributed by atoms with van der Waals surface area (Å²) < 4.78 is 0. The van der Waals surface area contributed by atoms with Crippen LogP contribution in [0, 0.1) is 0 Å². The Labute approximate surface area is 214 Å². The number of hydrogen-bond acceptors (Lipinski definition) is 0. The second-order valence-electron chi connectivity index (χ2n) is 8.41. The highest BCUT2D eigenvalue weighted by atomic mass is 31.1. The maximum Gasteiger partial charge on any atom is -0.0134 e. The Morgan fingerprint density at radius 1 is 0.382 bits per heavy atom. The van der Waals surface area contributed by atoms with Gasteiger partial charge in [0.1, 0.15) is 0 Å². The van der Waals surface area contributed by atoms with Crippen LogP contribution >= 0.6 is 31.7 Å². The van der Waals surface area contributed by atoms with Gasteiger partial charge in [-0.05, 0) is 94.9 Å². The lowest BCUT2D eigenvalue weighted by molar-refractivity contribution is 1.42. The lowest BCUT2D eigenvalue weighted by Crippen LogP contribution is -2.26. The van der Waals surface area contributed by atoms with Crippen LogP contribution in [0.1, 0.15) is 41.5 Å². The van der Waals surface area contributed by atoms with Crippen LogP contribution < -0.4 is 31.8 Å². The normalized spacial score (nSPS) is 11.8. The lowest BCUT2D eigenvalue weighted by Gasteiger charge is -2.24. The third kappa shape index (κ3) is 6.78. The molecular weight excluding hydrogens is 484 g/mol. The highest BCUT2D eigenvalue weighted by molar-refractivity contribution is 7.80. The second-order valence-corrected chi connectivity index (χ2v) is 19.2. The third-order valence-electron chi connectivity index (χ3n) is 6.65. The average molecular weight is 527 g/mol. The van der Waals surface area contributed by atoms with Crippen molar-refractivity contribution in [1.82, 2.24) is 0 Å². The van der Waals surface area contributed by atoms with Crippen LogP contribution in [0.3, 0.4) is 0 Å². The molecule has 0 amide bonds. The molecule has 0 unspecified atom stereocenters. The van der Waals surface area contributed by atoms with E-state index in [1.807, 2.05) is 0 Å². The first-order valence-corrected chi connectivity index (χ1v) is 19.4. The van der Waals surface area contributed by atoms with Gasteiger partial charge in [-0.25, -0.2) is 0 Å². The van der Waals surface area contributed by atoms with Gasteiger partial charge in [-0.1, -0.05) is 120 Å². The molecule has 0 N–H and O–H groups in total. The molecule has 0 fully saturated rings. The zero-order valence-electron chi connectivity index (χ0n) is 22.0.